The third kappa shape index (κ3) is 5.39. The second kappa shape index (κ2) is 9.08. The SMILES string of the molecule is CC(C)CC(CO)NC(=O)c1ccccc1COc1ccccc1. The van der Waals surface area contributed by atoms with Crippen LogP contribution in [0.3, 0.4) is 0 Å². The van der Waals surface area contributed by atoms with Gasteiger partial charge in [0.15, 0.2) is 0 Å². The highest BCUT2D eigenvalue weighted by Crippen LogP contribution is 2.15. The topological polar surface area (TPSA) is 58.6 Å². The highest BCUT2D eigenvalue weighted by Gasteiger charge is 2.17. The molecule has 1 atom stereocenters. The van der Waals surface area contributed by atoms with Crippen molar-refractivity contribution < 1.29 is 14.6 Å². The number of nitrogens with one attached hydrogen (secondary N) is 1. The first-order chi connectivity index (χ1) is 11.6. The van der Waals surface area contributed by atoms with Crippen LogP contribution in [0.1, 0.15) is 36.2 Å². The Morgan fingerprint density at radius 3 is 2.42 bits per heavy atom. The minimum atomic E-state index is -0.236. The molecule has 4 nitrogen and oxygen atoms in total. The van der Waals surface area contributed by atoms with E-state index >= 15 is 0 Å². The molecule has 0 spiro atoms. The van der Waals surface area contributed by atoms with Crippen LogP contribution in [-0.4, -0.2) is 23.7 Å². The molecule has 1 amide bonds. The van der Waals surface area contributed by atoms with Gasteiger partial charge in [-0.05, 0) is 30.5 Å². The van der Waals surface area contributed by atoms with E-state index in [2.05, 4.69) is 19.2 Å². The van der Waals surface area contributed by atoms with Crippen molar-refractivity contribution in [3.63, 3.8) is 0 Å². The normalized spacial score (nSPS) is 12.0. The second-order valence-corrected chi connectivity index (χ2v) is 6.24. The molecule has 0 aromatic heterocycles. The molecule has 0 aliphatic heterocycles. The molecular weight excluding hydrogens is 302 g/mol. The lowest BCUT2D eigenvalue weighted by Crippen LogP contribution is -2.38. The summed E-state index contributed by atoms with van der Waals surface area (Å²) in [4.78, 5) is 12.5. The molecule has 1 unspecified atom stereocenters. The summed E-state index contributed by atoms with van der Waals surface area (Å²) in [6.45, 7) is 4.39. The van der Waals surface area contributed by atoms with Gasteiger partial charge in [-0.1, -0.05) is 50.2 Å². The highest BCUT2D eigenvalue weighted by molar-refractivity contribution is 5.95. The Labute approximate surface area is 143 Å². The van der Waals surface area contributed by atoms with E-state index in [9.17, 15) is 9.90 Å². The Bertz CT molecular complexity index is 640. The van der Waals surface area contributed by atoms with E-state index in [0.29, 0.717) is 18.1 Å². The smallest absolute Gasteiger partial charge is 0.251 e. The zero-order valence-corrected chi connectivity index (χ0v) is 14.2. The van der Waals surface area contributed by atoms with E-state index in [1.54, 1.807) is 6.07 Å². The fourth-order valence-corrected chi connectivity index (χ4v) is 2.56. The van der Waals surface area contributed by atoms with E-state index < -0.39 is 0 Å². The predicted octanol–water partition coefficient (Wildman–Crippen LogP) is 3.40. The van der Waals surface area contributed by atoms with Crippen molar-refractivity contribution in [2.45, 2.75) is 32.9 Å². The van der Waals surface area contributed by atoms with E-state index in [1.807, 2.05) is 48.5 Å². The third-order valence-electron chi connectivity index (χ3n) is 3.71. The zero-order valence-electron chi connectivity index (χ0n) is 14.2. The molecule has 2 aromatic carbocycles. The Morgan fingerprint density at radius 2 is 1.75 bits per heavy atom. The van der Waals surface area contributed by atoms with Crippen LogP contribution in [0.4, 0.5) is 0 Å². The van der Waals surface area contributed by atoms with Crippen LogP contribution in [0.25, 0.3) is 0 Å². The van der Waals surface area contributed by atoms with Crippen molar-refractivity contribution >= 4 is 5.91 Å². The molecule has 128 valence electrons. The summed E-state index contributed by atoms with van der Waals surface area (Å²) in [6, 6.07) is 16.7. The minimum absolute atomic E-state index is 0.0629. The van der Waals surface area contributed by atoms with Gasteiger partial charge in [0.2, 0.25) is 0 Å². The van der Waals surface area contributed by atoms with Crippen LogP contribution < -0.4 is 10.1 Å². The number of aliphatic hydroxyl groups is 1. The summed E-state index contributed by atoms with van der Waals surface area (Å²) in [7, 11) is 0. The van der Waals surface area contributed by atoms with Crippen LogP contribution in [0.2, 0.25) is 0 Å². The third-order valence-corrected chi connectivity index (χ3v) is 3.71. The molecular formula is C20H25NO3. The molecule has 2 aromatic rings. The second-order valence-electron chi connectivity index (χ2n) is 6.24. The maximum Gasteiger partial charge on any atom is 0.251 e. The van der Waals surface area contributed by atoms with Crippen LogP contribution in [-0.2, 0) is 6.61 Å². The van der Waals surface area contributed by atoms with Gasteiger partial charge in [0.1, 0.15) is 12.4 Å². The van der Waals surface area contributed by atoms with Gasteiger partial charge in [0, 0.05) is 11.1 Å². The molecule has 0 bridgehead atoms. The van der Waals surface area contributed by atoms with E-state index in [1.165, 1.54) is 0 Å². The van der Waals surface area contributed by atoms with E-state index in [4.69, 9.17) is 4.74 Å². The summed E-state index contributed by atoms with van der Waals surface area (Å²) in [5, 5.41) is 12.4. The lowest BCUT2D eigenvalue weighted by molar-refractivity contribution is 0.0906. The Morgan fingerprint density at radius 1 is 1.08 bits per heavy atom. The van der Waals surface area contributed by atoms with Crippen molar-refractivity contribution in [3.8, 4) is 5.75 Å². The Hall–Kier alpha value is -2.33. The van der Waals surface area contributed by atoms with Crippen LogP contribution in [0.15, 0.2) is 54.6 Å². The van der Waals surface area contributed by atoms with Gasteiger partial charge in [0.05, 0.1) is 12.6 Å². The largest absolute Gasteiger partial charge is 0.489 e. The van der Waals surface area contributed by atoms with Gasteiger partial charge < -0.3 is 15.2 Å². The highest BCUT2D eigenvalue weighted by atomic mass is 16.5. The van der Waals surface area contributed by atoms with Crippen molar-refractivity contribution in [3.05, 3.63) is 65.7 Å². The fourth-order valence-electron chi connectivity index (χ4n) is 2.56. The maximum atomic E-state index is 12.5. The number of aliphatic hydroxyl groups excluding tert-OH is 1. The summed E-state index contributed by atoms with van der Waals surface area (Å²) in [6.07, 6.45) is 0.741. The van der Waals surface area contributed by atoms with Gasteiger partial charge in [-0.3, -0.25) is 4.79 Å². The van der Waals surface area contributed by atoms with Crippen molar-refractivity contribution in [1.29, 1.82) is 0 Å². The number of hydrogen-bond donors (Lipinski definition) is 2. The van der Waals surface area contributed by atoms with Crippen molar-refractivity contribution in [2.24, 2.45) is 5.92 Å². The van der Waals surface area contributed by atoms with E-state index in [0.717, 1.165) is 17.7 Å². The van der Waals surface area contributed by atoms with Gasteiger partial charge in [-0.2, -0.15) is 0 Å². The lowest BCUT2D eigenvalue weighted by atomic mass is 10.0. The molecule has 24 heavy (non-hydrogen) atoms. The lowest BCUT2D eigenvalue weighted by Gasteiger charge is -2.19. The standard InChI is InChI=1S/C20H25NO3/c1-15(2)12-17(13-22)21-20(23)19-11-7-6-8-16(19)14-24-18-9-4-3-5-10-18/h3-11,15,17,22H,12-14H2,1-2H3,(H,21,23). The first-order valence-electron chi connectivity index (χ1n) is 8.27. The summed E-state index contributed by atoms with van der Waals surface area (Å²) in [5.41, 5.74) is 1.40. The molecule has 0 saturated carbocycles. The molecule has 0 saturated heterocycles. The quantitative estimate of drug-likeness (QED) is 0.781. The Kier molecular flexibility index (Phi) is 6.82. The number of rotatable bonds is 8. The average Bonchev–Trinajstić information content (AvgIpc) is 2.60. The summed E-state index contributed by atoms with van der Waals surface area (Å²) >= 11 is 0. The predicted molar refractivity (Wildman–Crippen MR) is 95.0 cm³/mol. The molecule has 0 aliphatic rings. The van der Waals surface area contributed by atoms with Gasteiger partial charge in [-0.15, -0.1) is 0 Å². The fraction of sp³-hybridized carbons (Fsp3) is 0.350. The van der Waals surface area contributed by atoms with Crippen LogP contribution in [0.5, 0.6) is 5.75 Å². The van der Waals surface area contributed by atoms with Gasteiger partial charge in [-0.25, -0.2) is 0 Å². The number of ether oxygens (including phenoxy) is 1. The molecule has 0 fully saturated rings. The number of carbonyl (C=O) groups is 1. The van der Waals surface area contributed by atoms with Crippen LogP contribution in [0, 0.1) is 5.92 Å². The minimum Gasteiger partial charge on any atom is -0.489 e. The van der Waals surface area contributed by atoms with E-state index in [-0.39, 0.29) is 18.6 Å². The average molecular weight is 327 g/mol. The number of para-hydroxylation sites is 1. The van der Waals surface area contributed by atoms with Crippen LogP contribution >= 0.6 is 0 Å². The molecule has 2 N–H and O–H groups in total. The zero-order chi connectivity index (χ0) is 17.4. The molecule has 4 heteroatoms. The summed E-state index contributed by atoms with van der Waals surface area (Å²) < 4.78 is 5.75. The summed E-state index contributed by atoms with van der Waals surface area (Å²) in [5.74, 6) is 0.988. The Balaban J connectivity index is 2.05. The number of amides is 1. The first-order valence-corrected chi connectivity index (χ1v) is 8.27. The number of benzene rings is 2. The number of carbonyl (C=O) groups excluding carboxylic acids is 1. The van der Waals surface area contributed by atoms with Gasteiger partial charge >= 0.3 is 0 Å². The van der Waals surface area contributed by atoms with Crippen molar-refractivity contribution in [2.75, 3.05) is 6.61 Å². The molecule has 0 aliphatic carbocycles. The molecule has 0 heterocycles. The maximum absolute atomic E-state index is 12.5. The van der Waals surface area contributed by atoms with Crippen molar-refractivity contribution in [1.82, 2.24) is 5.32 Å². The number of hydrogen-bond acceptors (Lipinski definition) is 3. The first kappa shape index (κ1) is 18.0. The molecule has 0 radical (unpaired) electrons. The van der Waals surface area contributed by atoms with Gasteiger partial charge in [0.25, 0.3) is 5.91 Å². The monoisotopic (exact) mass is 327 g/mol. The molecule has 2 rings (SSSR count).